The van der Waals surface area contributed by atoms with Gasteiger partial charge >= 0.3 is 5.97 Å². The Morgan fingerprint density at radius 3 is 2.32 bits per heavy atom. The van der Waals surface area contributed by atoms with Crippen LogP contribution in [0.1, 0.15) is 97.3 Å². The molecule has 0 amide bonds. The Morgan fingerprint density at radius 2 is 1.59 bits per heavy atom. The van der Waals surface area contributed by atoms with E-state index in [9.17, 15) is 4.79 Å². The molecule has 0 bridgehead atoms. The van der Waals surface area contributed by atoms with E-state index in [4.69, 9.17) is 0 Å². The summed E-state index contributed by atoms with van der Waals surface area (Å²) < 4.78 is 4.63. The first kappa shape index (κ1) is 21.2. The summed E-state index contributed by atoms with van der Waals surface area (Å²) in [6.45, 7) is 4.60. The zero-order chi connectivity index (χ0) is 16.5. The van der Waals surface area contributed by atoms with Gasteiger partial charge in [0.25, 0.3) is 0 Å². The summed E-state index contributed by atoms with van der Waals surface area (Å²) >= 11 is 0. The summed E-state index contributed by atoms with van der Waals surface area (Å²) in [6.07, 6.45) is 20.7. The number of esters is 1. The number of methoxy groups -OCH3 is 1. The van der Waals surface area contributed by atoms with E-state index in [0.29, 0.717) is 6.42 Å². The Morgan fingerprint density at radius 1 is 0.955 bits per heavy atom. The van der Waals surface area contributed by atoms with E-state index in [0.717, 1.165) is 18.8 Å². The zero-order valence-corrected chi connectivity index (χ0v) is 15.2. The molecule has 0 saturated carbocycles. The fourth-order valence-electron chi connectivity index (χ4n) is 2.66. The number of carbonyl (C=O) groups excluding carboxylic acids is 1. The average Bonchev–Trinajstić information content (AvgIpc) is 2.52. The molecule has 0 spiro atoms. The second kappa shape index (κ2) is 16.6. The van der Waals surface area contributed by atoms with Crippen LogP contribution in [0, 0.1) is 5.92 Å². The van der Waals surface area contributed by atoms with Crippen LogP contribution in [0.25, 0.3) is 0 Å². The highest BCUT2D eigenvalue weighted by Crippen LogP contribution is 2.13. The van der Waals surface area contributed by atoms with Crippen LogP contribution in [0.4, 0.5) is 0 Å². The molecule has 0 saturated heterocycles. The molecule has 22 heavy (non-hydrogen) atoms. The first-order chi connectivity index (χ1) is 10.7. The van der Waals surface area contributed by atoms with Crippen molar-refractivity contribution in [2.75, 3.05) is 7.11 Å². The van der Waals surface area contributed by atoms with Crippen molar-refractivity contribution >= 4 is 5.97 Å². The lowest BCUT2D eigenvalue weighted by Gasteiger charge is -2.05. The summed E-state index contributed by atoms with van der Waals surface area (Å²) in [5.41, 5.74) is 0. The molecule has 0 fully saturated rings. The van der Waals surface area contributed by atoms with Gasteiger partial charge in [-0.05, 0) is 31.6 Å². The molecule has 0 N–H and O–H groups in total. The normalized spacial score (nSPS) is 12.7. The Bertz CT molecular complexity index is 271. The lowest BCUT2D eigenvalue weighted by Crippen LogP contribution is -1.99. The van der Waals surface area contributed by atoms with Crippen molar-refractivity contribution in [2.45, 2.75) is 97.3 Å². The van der Waals surface area contributed by atoms with Crippen LogP contribution in [0.5, 0.6) is 0 Å². The molecule has 0 aliphatic heterocycles. The fourth-order valence-corrected chi connectivity index (χ4v) is 2.66. The minimum Gasteiger partial charge on any atom is -0.469 e. The third-order valence-corrected chi connectivity index (χ3v) is 4.21. The first-order valence-electron chi connectivity index (χ1n) is 9.44. The standard InChI is InChI=1S/C20H38O2/c1-4-5-6-10-13-16-19(2)17-14-11-8-7-9-12-15-18-20(21)22-3/h14,17,19H,4-13,15-16,18H2,1-3H3/b17-14+. The minimum absolute atomic E-state index is 0.0772. The molecule has 0 aliphatic rings. The van der Waals surface area contributed by atoms with Crippen molar-refractivity contribution in [3.8, 4) is 0 Å². The van der Waals surface area contributed by atoms with Crippen molar-refractivity contribution in [1.82, 2.24) is 0 Å². The summed E-state index contributed by atoms with van der Waals surface area (Å²) in [7, 11) is 1.46. The maximum Gasteiger partial charge on any atom is 0.305 e. The Kier molecular flexibility index (Phi) is 16.0. The van der Waals surface area contributed by atoms with Crippen LogP contribution in [0.2, 0.25) is 0 Å². The third-order valence-electron chi connectivity index (χ3n) is 4.21. The second-order valence-electron chi connectivity index (χ2n) is 6.49. The quantitative estimate of drug-likeness (QED) is 0.197. The van der Waals surface area contributed by atoms with Crippen molar-refractivity contribution in [2.24, 2.45) is 5.92 Å². The highest BCUT2D eigenvalue weighted by atomic mass is 16.5. The van der Waals surface area contributed by atoms with E-state index in [2.05, 4.69) is 30.7 Å². The van der Waals surface area contributed by atoms with E-state index >= 15 is 0 Å². The average molecular weight is 311 g/mol. The lowest BCUT2D eigenvalue weighted by molar-refractivity contribution is -0.140. The molecule has 0 radical (unpaired) electrons. The van der Waals surface area contributed by atoms with Gasteiger partial charge in [-0.3, -0.25) is 4.79 Å². The van der Waals surface area contributed by atoms with Crippen LogP contribution in [0.15, 0.2) is 12.2 Å². The maximum atomic E-state index is 10.9. The molecule has 2 heteroatoms. The predicted molar refractivity (Wildman–Crippen MR) is 96.0 cm³/mol. The van der Waals surface area contributed by atoms with Crippen molar-refractivity contribution in [1.29, 1.82) is 0 Å². The molecule has 130 valence electrons. The number of hydrogen-bond acceptors (Lipinski definition) is 2. The largest absolute Gasteiger partial charge is 0.469 e. The lowest BCUT2D eigenvalue weighted by atomic mass is 10.0. The fraction of sp³-hybridized carbons (Fsp3) is 0.850. The van der Waals surface area contributed by atoms with Gasteiger partial charge in [0.2, 0.25) is 0 Å². The van der Waals surface area contributed by atoms with E-state index in [-0.39, 0.29) is 5.97 Å². The van der Waals surface area contributed by atoms with E-state index in [1.54, 1.807) is 0 Å². The van der Waals surface area contributed by atoms with Crippen LogP contribution in [-0.2, 0) is 9.53 Å². The monoisotopic (exact) mass is 310 g/mol. The summed E-state index contributed by atoms with van der Waals surface area (Å²) in [6, 6.07) is 0. The Hall–Kier alpha value is -0.790. The highest BCUT2D eigenvalue weighted by Gasteiger charge is 1.99. The number of hydrogen-bond donors (Lipinski definition) is 0. The molecule has 0 aliphatic carbocycles. The second-order valence-corrected chi connectivity index (χ2v) is 6.49. The maximum absolute atomic E-state index is 10.9. The van der Waals surface area contributed by atoms with Gasteiger partial charge in [0.15, 0.2) is 0 Å². The van der Waals surface area contributed by atoms with E-state index in [1.165, 1.54) is 71.3 Å². The van der Waals surface area contributed by atoms with Gasteiger partial charge in [-0.2, -0.15) is 0 Å². The van der Waals surface area contributed by atoms with Crippen LogP contribution >= 0.6 is 0 Å². The number of ether oxygens (including phenoxy) is 1. The van der Waals surface area contributed by atoms with Crippen molar-refractivity contribution < 1.29 is 9.53 Å². The smallest absolute Gasteiger partial charge is 0.305 e. The molecule has 0 heterocycles. The van der Waals surface area contributed by atoms with Crippen molar-refractivity contribution in [3.63, 3.8) is 0 Å². The van der Waals surface area contributed by atoms with Gasteiger partial charge in [-0.1, -0.05) is 77.4 Å². The van der Waals surface area contributed by atoms with Crippen LogP contribution in [-0.4, -0.2) is 13.1 Å². The van der Waals surface area contributed by atoms with Gasteiger partial charge in [-0.15, -0.1) is 0 Å². The number of unbranched alkanes of at least 4 members (excludes halogenated alkanes) is 9. The van der Waals surface area contributed by atoms with Gasteiger partial charge in [0.05, 0.1) is 7.11 Å². The molecule has 0 aromatic heterocycles. The number of allylic oxidation sites excluding steroid dienone is 2. The SMILES string of the molecule is CCCCCCCC(C)/C=C/CCCCCCCC(=O)OC. The van der Waals surface area contributed by atoms with Crippen molar-refractivity contribution in [3.05, 3.63) is 12.2 Å². The third kappa shape index (κ3) is 15.6. The molecule has 2 nitrogen and oxygen atoms in total. The first-order valence-corrected chi connectivity index (χ1v) is 9.44. The number of carbonyl (C=O) groups is 1. The van der Waals surface area contributed by atoms with Crippen LogP contribution in [0.3, 0.4) is 0 Å². The van der Waals surface area contributed by atoms with Gasteiger partial charge in [-0.25, -0.2) is 0 Å². The van der Waals surface area contributed by atoms with E-state index < -0.39 is 0 Å². The molecule has 0 rings (SSSR count). The summed E-state index contributed by atoms with van der Waals surface area (Å²) in [5.74, 6) is 0.660. The molecule has 1 unspecified atom stereocenters. The molecular formula is C20H38O2. The Balaban J connectivity index is 3.30. The molecule has 0 aromatic carbocycles. The van der Waals surface area contributed by atoms with Gasteiger partial charge in [0.1, 0.15) is 0 Å². The summed E-state index contributed by atoms with van der Waals surface area (Å²) in [5, 5.41) is 0. The molecule has 1 atom stereocenters. The van der Waals surface area contributed by atoms with Gasteiger partial charge < -0.3 is 4.74 Å². The topological polar surface area (TPSA) is 26.3 Å². The number of rotatable bonds is 15. The Labute approximate surface area is 138 Å². The molecular weight excluding hydrogens is 272 g/mol. The summed E-state index contributed by atoms with van der Waals surface area (Å²) in [4.78, 5) is 10.9. The molecule has 0 aromatic rings. The van der Waals surface area contributed by atoms with E-state index in [1.807, 2.05) is 0 Å². The predicted octanol–water partition coefficient (Wildman–Crippen LogP) is 6.44. The van der Waals surface area contributed by atoms with Gasteiger partial charge in [0, 0.05) is 6.42 Å². The van der Waals surface area contributed by atoms with Crippen LogP contribution < -0.4 is 0 Å². The minimum atomic E-state index is -0.0772. The zero-order valence-electron chi connectivity index (χ0n) is 15.2. The highest BCUT2D eigenvalue weighted by molar-refractivity contribution is 5.68.